The van der Waals surface area contributed by atoms with Crippen LogP contribution in [0.2, 0.25) is 0 Å². The van der Waals surface area contributed by atoms with Crippen LogP contribution in [0.1, 0.15) is 34.2 Å². The van der Waals surface area contributed by atoms with Crippen molar-refractivity contribution in [3.63, 3.8) is 0 Å². The lowest BCUT2D eigenvalue weighted by atomic mass is 10.00. The third kappa shape index (κ3) is 5.07. The van der Waals surface area contributed by atoms with E-state index in [0.717, 1.165) is 11.1 Å². The number of ether oxygens (including phenoxy) is 1. The summed E-state index contributed by atoms with van der Waals surface area (Å²) in [7, 11) is 0. The van der Waals surface area contributed by atoms with E-state index in [9.17, 15) is 9.59 Å². The second kappa shape index (κ2) is 8.85. The summed E-state index contributed by atoms with van der Waals surface area (Å²) in [4.78, 5) is 24.7. The number of esters is 1. The molecule has 5 heteroatoms. The number of hydrogen-bond acceptors (Lipinski definition) is 4. The Bertz CT molecular complexity index is 888. The van der Waals surface area contributed by atoms with Gasteiger partial charge in [0.15, 0.2) is 6.10 Å². The molecule has 0 aliphatic heterocycles. The van der Waals surface area contributed by atoms with Gasteiger partial charge in [-0.15, -0.1) is 0 Å². The molecular formula is C22H21NO4. The summed E-state index contributed by atoms with van der Waals surface area (Å²) in [6.45, 7) is 1.80. The van der Waals surface area contributed by atoms with Crippen molar-refractivity contribution < 1.29 is 18.7 Å². The minimum atomic E-state index is -0.905. The Hall–Kier alpha value is -3.34. The second-order valence-corrected chi connectivity index (χ2v) is 6.16. The van der Waals surface area contributed by atoms with E-state index in [1.54, 1.807) is 31.2 Å². The van der Waals surface area contributed by atoms with Crippen LogP contribution < -0.4 is 5.32 Å². The first-order valence-corrected chi connectivity index (χ1v) is 8.76. The summed E-state index contributed by atoms with van der Waals surface area (Å²) in [5.74, 6) is -0.252. The predicted molar refractivity (Wildman–Crippen MR) is 101 cm³/mol. The summed E-state index contributed by atoms with van der Waals surface area (Å²) in [6, 6.07) is 20.7. The molecule has 0 saturated carbocycles. The Balaban J connectivity index is 1.62. The fourth-order valence-electron chi connectivity index (χ4n) is 2.70. The van der Waals surface area contributed by atoms with E-state index in [1.165, 1.54) is 6.26 Å². The number of benzene rings is 2. The first-order valence-electron chi connectivity index (χ1n) is 8.76. The normalized spacial score (nSPS) is 11.6. The van der Waals surface area contributed by atoms with Crippen LogP contribution in [-0.4, -0.2) is 18.0 Å². The summed E-state index contributed by atoms with van der Waals surface area (Å²) < 4.78 is 10.5. The standard InChI is InChI=1S/C22H21NO4/c1-16(21(24)23-15-19-11-7-13-26-19)27-22(25)20-12-6-5-10-18(20)14-17-8-3-2-4-9-17/h2-13,16H,14-15H2,1H3,(H,23,24). The van der Waals surface area contributed by atoms with Crippen LogP contribution in [0.3, 0.4) is 0 Å². The highest BCUT2D eigenvalue weighted by molar-refractivity contribution is 5.93. The molecule has 1 atom stereocenters. The van der Waals surface area contributed by atoms with Crippen LogP contribution in [0.5, 0.6) is 0 Å². The zero-order chi connectivity index (χ0) is 19.1. The van der Waals surface area contributed by atoms with Crippen molar-refractivity contribution >= 4 is 11.9 Å². The van der Waals surface area contributed by atoms with Gasteiger partial charge in [0.05, 0.1) is 18.4 Å². The zero-order valence-electron chi connectivity index (χ0n) is 15.1. The van der Waals surface area contributed by atoms with Crippen LogP contribution in [0.25, 0.3) is 0 Å². The maximum absolute atomic E-state index is 12.6. The SMILES string of the molecule is CC(OC(=O)c1ccccc1Cc1ccccc1)C(=O)NCc1ccco1. The van der Waals surface area contributed by atoms with Gasteiger partial charge in [-0.1, -0.05) is 48.5 Å². The third-order valence-corrected chi connectivity index (χ3v) is 4.14. The van der Waals surface area contributed by atoms with E-state index in [1.807, 2.05) is 42.5 Å². The van der Waals surface area contributed by atoms with Crippen LogP contribution >= 0.6 is 0 Å². The van der Waals surface area contributed by atoms with Gasteiger partial charge in [-0.05, 0) is 42.7 Å². The maximum Gasteiger partial charge on any atom is 0.339 e. The molecule has 0 aliphatic carbocycles. The van der Waals surface area contributed by atoms with Crippen LogP contribution in [0, 0.1) is 0 Å². The van der Waals surface area contributed by atoms with E-state index < -0.39 is 12.1 Å². The fraction of sp³-hybridized carbons (Fsp3) is 0.182. The average molecular weight is 363 g/mol. The zero-order valence-corrected chi connectivity index (χ0v) is 15.1. The summed E-state index contributed by atoms with van der Waals surface area (Å²) >= 11 is 0. The Morgan fingerprint density at radius 2 is 1.74 bits per heavy atom. The third-order valence-electron chi connectivity index (χ3n) is 4.14. The fourth-order valence-corrected chi connectivity index (χ4v) is 2.70. The highest BCUT2D eigenvalue weighted by Crippen LogP contribution is 2.16. The van der Waals surface area contributed by atoms with Crippen molar-refractivity contribution in [2.45, 2.75) is 26.0 Å². The minimum absolute atomic E-state index is 0.248. The van der Waals surface area contributed by atoms with Crippen LogP contribution in [-0.2, 0) is 22.5 Å². The Morgan fingerprint density at radius 3 is 2.48 bits per heavy atom. The van der Waals surface area contributed by atoms with Gasteiger partial charge in [0.25, 0.3) is 5.91 Å². The molecule has 3 aromatic rings. The van der Waals surface area contributed by atoms with Crippen molar-refractivity contribution in [2.75, 3.05) is 0 Å². The highest BCUT2D eigenvalue weighted by atomic mass is 16.5. The monoisotopic (exact) mass is 363 g/mol. The summed E-state index contributed by atoms with van der Waals surface area (Å²) in [5.41, 5.74) is 2.42. The molecule has 0 fully saturated rings. The number of nitrogens with one attached hydrogen (secondary N) is 1. The second-order valence-electron chi connectivity index (χ2n) is 6.16. The van der Waals surface area contributed by atoms with Gasteiger partial charge >= 0.3 is 5.97 Å². The van der Waals surface area contributed by atoms with E-state index in [-0.39, 0.29) is 12.5 Å². The van der Waals surface area contributed by atoms with Gasteiger partial charge in [0.2, 0.25) is 0 Å². The lowest BCUT2D eigenvalue weighted by Crippen LogP contribution is -2.35. The van der Waals surface area contributed by atoms with Gasteiger partial charge in [0.1, 0.15) is 5.76 Å². The Labute approximate surface area is 158 Å². The van der Waals surface area contributed by atoms with Gasteiger partial charge in [0, 0.05) is 0 Å². The molecule has 0 spiro atoms. The van der Waals surface area contributed by atoms with E-state index >= 15 is 0 Å². The topological polar surface area (TPSA) is 68.5 Å². The average Bonchev–Trinajstić information content (AvgIpc) is 3.21. The number of furan rings is 1. The van der Waals surface area contributed by atoms with Crippen molar-refractivity contribution in [1.29, 1.82) is 0 Å². The molecular weight excluding hydrogens is 342 g/mol. The largest absolute Gasteiger partial charge is 0.467 e. The summed E-state index contributed by atoms with van der Waals surface area (Å²) in [5, 5.41) is 2.69. The molecule has 0 aliphatic rings. The van der Waals surface area contributed by atoms with E-state index in [2.05, 4.69) is 5.32 Å². The maximum atomic E-state index is 12.6. The lowest BCUT2D eigenvalue weighted by molar-refractivity contribution is -0.129. The molecule has 2 aromatic carbocycles. The minimum Gasteiger partial charge on any atom is -0.467 e. The molecule has 1 heterocycles. The number of amides is 1. The molecule has 0 saturated heterocycles. The van der Waals surface area contributed by atoms with Gasteiger partial charge < -0.3 is 14.5 Å². The molecule has 0 bridgehead atoms. The molecule has 27 heavy (non-hydrogen) atoms. The lowest BCUT2D eigenvalue weighted by Gasteiger charge is -2.15. The van der Waals surface area contributed by atoms with Crippen molar-refractivity contribution in [3.8, 4) is 0 Å². The number of hydrogen-bond donors (Lipinski definition) is 1. The molecule has 3 rings (SSSR count). The Morgan fingerprint density at radius 1 is 1.00 bits per heavy atom. The van der Waals surface area contributed by atoms with Gasteiger partial charge in [-0.25, -0.2) is 4.79 Å². The summed E-state index contributed by atoms with van der Waals surface area (Å²) in [6.07, 6.45) is 1.25. The van der Waals surface area contributed by atoms with Crippen LogP contribution in [0.4, 0.5) is 0 Å². The molecule has 1 N–H and O–H groups in total. The first-order chi connectivity index (χ1) is 13.1. The Kier molecular flexibility index (Phi) is 6.05. The number of carbonyl (C=O) groups is 2. The number of carbonyl (C=O) groups excluding carboxylic acids is 2. The van der Waals surface area contributed by atoms with E-state index in [4.69, 9.17) is 9.15 Å². The van der Waals surface area contributed by atoms with Crippen molar-refractivity contribution in [3.05, 3.63) is 95.4 Å². The quantitative estimate of drug-likeness (QED) is 0.650. The first kappa shape index (κ1) is 18.5. The molecule has 1 unspecified atom stereocenters. The van der Waals surface area contributed by atoms with Crippen molar-refractivity contribution in [2.24, 2.45) is 0 Å². The molecule has 138 valence electrons. The van der Waals surface area contributed by atoms with Gasteiger partial charge in [-0.2, -0.15) is 0 Å². The smallest absolute Gasteiger partial charge is 0.339 e. The highest BCUT2D eigenvalue weighted by Gasteiger charge is 2.20. The molecule has 5 nitrogen and oxygen atoms in total. The molecule has 1 aromatic heterocycles. The molecule has 1 amide bonds. The number of rotatable bonds is 7. The van der Waals surface area contributed by atoms with Crippen LogP contribution in [0.15, 0.2) is 77.4 Å². The van der Waals surface area contributed by atoms with Crippen molar-refractivity contribution in [1.82, 2.24) is 5.32 Å². The van der Waals surface area contributed by atoms with Gasteiger partial charge in [-0.3, -0.25) is 4.79 Å². The molecule has 0 radical (unpaired) electrons. The predicted octanol–water partition coefficient (Wildman–Crippen LogP) is 3.73. The van der Waals surface area contributed by atoms with E-state index in [0.29, 0.717) is 17.7 Å².